The van der Waals surface area contributed by atoms with E-state index in [1.54, 1.807) is 36.5 Å². The standard InChI is InChI=1S/C16H12FN3O/c17-14-4-2-1-3-11(14)6-8-16(21)19-13-7-5-12-10-18-20-15(12)9-13/h1-10H,(H,18,20)(H,19,21)/b8-6+. The third kappa shape index (κ3) is 2.97. The summed E-state index contributed by atoms with van der Waals surface area (Å²) in [5.41, 5.74) is 1.86. The zero-order valence-electron chi connectivity index (χ0n) is 11.0. The molecule has 1 aromatic heterocycles. The summed E-state index contributed by atoms with van der Waals surface area (Å²) in [6.07, 6.45) is 4.45. The SMILES string of the molecule is O=C(/C=C/c1ccccc1F)Nc1ccc2cn[nH]c2c1. The van der Waals surface area contributed by atoms with Crippen LogP contribution in [0.15, 0.2) is 54.7 Å². The number of H-pyrrole nitrogens is 1. The Morgan fingerprint density at radius 3 is 2.95 bits per heavy atom. The highest BCUT2D eigenvalue weighted by Gasteiger charge is 2.02. The number of rotatable bonds is 3. The summed E-state index contributed by atoms with van der Waals surface area (Å²) in [5, 5.41) is 10.4. The van der Waals surface area contributed by atoms with Gasteiger partial charge in [-0.05, 0) is 30.3 Å². The summed E-state index contributed by atoms with van der Waals surface area (Å²) in [6.45, 7) is 0. The van der Waals surface area contributed by atoms with Gasteiger partial charge in [-0.1, -0.05) is 18.2 Å². The molecule has 1 heterocycles. The van der Waals surface area contributed by atoms with Gasteiger partial charge < -0.3 is 5.32 Å². The highest BCUT2D eigenvalue weighted by molar-refractivity contribution is 6.02. The second-order valence-electron chi connectivity index (χ2n) is 4.52. The van der Waals surface area contributed by atoms with Crippen molar-refractivity contribution in [3.05, 3.63) is 66.1 Å². The molecule has 0 aliphatic rings. The maximum absolute atomic E-state index is 13.4. The van der Waals surface area contributed by atoms with E-state index in [1.807, 2.05) is 6.07 Å². The van der Waals surface area contributed by atoms with E-state index in [0.29, 0.717) is 11.3 Å². The number of fused-ring (bicyclic) bond motifs is 1. The third-order valence-corrected chi connectivity index (χ3v) is 3.03. The Balaban J connectivity index is 1.72. The van der Waals surface area contributed by atoms with Crippen LogP contribution < -0.4 is 5.32 Å². The van der Waals surface area contributed by atoms with Crippen LogP contribution in [0.5, 0.6) is 0 Å². The molecule has 0 radical (unpaired) electrons. The fourth-order valence-electron chi connectivity index (χ4n) is 1.97. The van der Waals surface area contributed by atoms with E-state index in [9.17, 15) is 9.18 Å². The predicted molar refractivity (Wildman–Crippen MR) is 80.2 cm³/mol. The van der Waals surface area contributed by atoms with Crippen LogP contribution in [0.2, 0.25) is 0 Å². The lowest BCUT2D eigenvalue weighted by Crippen LogP contribution is -2.07. The minimum absolute atomic E-state index is 0.322. The van der Waals surface area contributed by atoms with Gasteiger partial charge in [0.15, 0.2) is 0 Å². The van der Waals surface area contributed by atoms with E-state index < -0.39 is 0 Å². The number of hydrogen-bond acceptors (Lipinski definition) is 2. The van der Waals surface area contributed by atoms with Gasteiger partial charge in [-0.2, -0.15) is 5.10 Å². The number of benzene rings is 2. The molecule has 3 rings (SSSR count). The third-order valence-electron chi connectivity index (χ3n) is 3.03. The largest absolute Gasteiger partial charge is 0.322 e. The Bertz CT molecular complexity index is 823. The lowest BCUT2D eigenvalue weighted by Gasteiger charge is -2.02. The average molecular weight is 281 g/mol. The molecule has 0 saturated heterocycles. The van der Waals surface area contributed by atoms with Gasteiger partial charge in [-0.25, -0.2) is 4.39 Å². The summed E-state index contributed by atoms with van der Waals surface area (Å²) in [5.74, 6) is -0.683. The van der Waals surface area contributed by atoms with Crippen LogP contribution in [0.3, 0.4) is 0 Å². The molecule has 0 saturated carbocycles. The first-order valence-corrected chi connectivity index (χ1v) is 6.39. The number of carbonyl (C=O) groups is 1. The van der Waals surface area contributed by atoms with Crippen LogP contribution >= 0.6 is 0 Å². The first-order valence-electron chi connectivity index (χ1n) is 6.39. The molecule has 21 heavy (non-hydrogen) atoms. The van der Waals surface area contributed by atoms with E-state index in [-0.39, 0.29) is 11.7 Å². The van der Waals surface area contributed by atoms with Crippen LogP contribution in [0, 0.1) is 5.82 Å². The fourth-order valence-corrected chi connectivity index (χ4v) is 1.97. The molecule has 0 aliphatic heterocycles. The average Bonchev–Trinajstić information content (AvgIpc) is 2.94. The quantitative estimate of drug-likeness (QED) is 0.723. The first kappa shape index (κ1) is 13.1. The second-order valence-corrected chi connectivity index (χ2v) is 4.52. The number of halogens is 1. The van der Waals surface area contributed by atoms with E-state index in [1.165, 1.54) is 18.2 Å². The summed E-state index contributed by atoms with van der Waals surface area (Å²) in [4.78, 5) is 11.8. The van der Waals surface area contributed by atoms with Crippen molar-refractivity contribution in [2.45, 2.75) is 0 Å². The molecule has 0 spiro atoms. The van der Waals surface area contributed by atoms with Crippen molar-refractivity contribution < 1.29 is 9.18 Å². The van der Waals surface area contributed by atoms with Gasteiger partial charge in [0.25, 0.3) is 0 Å². The molecule has 0 aliphatic carbocycles. The highest BCUT2D eigenvalue weighted by atomic mass is 19.1. The number of hydrogen-bond donors (Lipinski definition) is 2. The molecule has 2 aromatic carbocycles. The fraction of sp³-hybridized carbons (Fsp3) is 0. The van der Waals surface area contributed by atoms with E-state index in [4.69, 9.17) is 0 Å². The lowest BCUT2D eigenvalue weighted by atomic mass is 10.2. The van der Waals surface area contributed by atoms with Gasteiger partial charge >= 0.3 is 0 Å². The van der Waals surface area contributed by atoms with Crippen molar-refractivity contribution in [3.8, 4) is 0 Å². The van der Waals surface area contributed by atoms with Crippen molar-refractivity contribution in [2.24, 2.45) is 0 Å². The Morgan fingerprint density at radius 2 is 2.10 bits per heavy atom. The number of nitrogens with zero attached hydrogens (tertiary/aromatic N) is 1. The maximum Gasteiger partial charge on any atom is 0.248 e. The zero-order valence-corrected chi connectivity index (χ0v) is 11.0. The van der Waals surface area contributed by atoms with Crippen LogP contribution in [-0.4, -0.2) is 16.1 Å². The summed E-state index contributed by atoms with van der Waals surface area (Å²) in [6, 6.07) is 11.7. The summed E-state index contributed by atoms with van der Waals surface area (Å²) < 4.78 is 13.4. The van der Waals surface area contributed by atoms with Gasteiger partial charge in [-0.15, -0.1) is 0 Å². The lowest BCUT2D eigenvalue weighted by molar-refractivity contribution is -0.111. The first-order chi connectivity index (χ1) is 10.2. The predicted octanol–water partition coefficient (Wildman–Crippen LogP) is 3.35. The van der Waals surface area contributed by atoms with Crippen LogP contribution in [-0.2, 0) is 4.79 Å². The van der Waals surface area contributed by atoms with Crippen LogP contribution in [0.1, 0.15) is 5.56 Å². The van der Waals surface area contributed by atoms with Gasteiger partial charge in [-0.3, -0.25) is 9.89 Å². The van der Waals surface area contributed by atoms with Gasteiger partial charge in [0.05, 0.1) is 11.7 Å². The summed E-state index contributed by atoms with van der Waals surface area (Å²) in [7, 11) is 0. The van der Waals surface area contributed by atoms with Gasteiger partial charge in [0.1, 0.15) is 5.82 Å². The Labute approximate surface area is 120 Å². The number of anilines is 1. The molecule has 0 unspecified atom stereocenters. The number of carbonyl (C=O) groups excluding carboxylic acids is 1. The smallest absolute Gasteiger partial charge is 0.248 e. The number of amides is 1. The van der Waals surface area contributed by atoms with Gasteiger partial charge in [0.2, 0.25) is 5.91 Å². The Kier molecular flexibility index (Phi) is 3.47. The van der Waals surface area contributed by atoms with Crippen molar-refractivity contribution in [3.63, 3.8) is 0 Å². The zero-order chi connectivity index (χ0) is 14.7. The Hall–Kier alpha value is -2.95. The van der Waals surface area contributed by atoms with E-state index >= 15 is 0 Å². The molecule has 0 atom stereocenters. The van der Waals surface area contributed by atoms with Crippen LogP contribution in [0.25, 0.3) is 17.0 Å². The second kappa shape index (κ2) is 5.58. The topological polar surface area (TPSA) is 57.8 Å². The monoisotopic (exact) mass is 281 g/mol. The molecule has 3 aromatic rings. The molecule has 0 bridgehead atoms. The van der Waals surface area contributed by atoms with Gasteiger partial charge in [0, 0.05) is 22.7 Å². The van der Waals surface area contributed by atoms with E-state index in [0.717, 1.165) is 10.9 Å². The molecule has 2 N–H and O–H groups in total. The highest BCUT2D eigenvalue weighted by Crippen LogP contribution is 2.16. The van der Waals surface area contributed by atoms with Crippen molar-refractivity contribution >= 4 is 28.6 Å². The molecule has 5 heteroatoms. The summed E-state index contributed by atoms with van der Waals surface area (Å²) >= 11 is 0. The minimum Gasteiger partial charge on any atom is -0.322 e. The molecular weight excluding hydrogens is 269 g/mol. The normalized spacial score (nSPS) is 11.1. The van der Waals surface area contributed by atoms with Crippen LogP contribution in [0.4, 0.5) is 10.1 Å². The van der Waals surface area contributed by atoms with E-state index in [2.05, 4.69) is 15.5 Å². The molecule has 4 nitrogen and oxygen atoms in total. The number of aromatic amines is 1. The molecular formula is C16H12FN3O. The minimum atomic E-state index is -0.361. The van der Waals surface area contributed by atoms with Crippen molar-refractivity contribution in [1.29, 1.82) is 0 Å². The molecule has 0 fully saturated rings. The number of nitrogens with one attached hydrogen (secondary N) is 2. The number of aromatic nitrogens is 2. The molecule has 1 amide bonds. The van der Waals surface area contributed by atoms with Crippen molar-refractivity contribution in [1.82, 2.24) is 10.2 Å². The maximum atomic E-state index is 13.4. The Morgan fingerprint density at radius 1 is 1.24 bits per heavy atom. The molecule has 104 valence electrons. The van der Waals surface area contributed by atoms with Crippen molar-refractivity contribution in [2.75, 3.05) is 5.32 Å².